The maximum Gasteiger partial charge on any atom is 0.264 e. The van der Waals surface area contributed by atoms with Gasteiger partial charge < -0.3 is 15.0 Å². The summed E-state index contributed by atoms with van der Waals surface area (Å²) in [7, 11) is -2.63. The van der Waals surface area contributed by atoms with Gasteiger partial charge >= 0.3 is 0 Å². The Morgan fingerprint density at radius 2 is 1.59 bits per heavy atom. The number of carbonyl (C=O) groups excluding carboxylic acids is 2. The van der Waals surface area contributed by atoms with Crippen LogP contribution in [0.1, 0.15) is 38.8 Å². The van der Waals surface area contributed by atoms with Crippen molar-refractivity contribution in [2.75, 3.05) is 18.0 Å². The number of para-hydroxylation sites is 1. The molecule has 9 heteroatoms. The number of hydrogen-bond acceptors (Lipinski definition) is 5. The Bertz CT molecular complexity index is 1380. The van der Waals surface area contributed by atoms with Crippen LogP contribution in [-0.2, 0) is 26.2 Å². The number of anilines is 1. The molecule has 3 aromatic carbocycles. The van der Waals surface area contributed by atoms with Crippen LogP contribution >= 0.6 is 0 Å². The first kappa shape index (κ1) is 29.7. The highest BCUT2D eigenvalue weighted by molar-refractivity contribution is 7.92. The lowest BCUT2D eigenvalue weighted by Crippen LogP contribution is -2.54. The molecule has 0 aliphatic heterocycles. The molecular weight excluding hydrogens is 514 g/mol. The number of aryl methyl sites for hydroxylation is 1. The molecule has 0 saturated heterocycles. The van der Waals surface area contributed by atoms with Gasteiger partial charge in [0.2, 0.25) is 11.8 Å². The van der Waals surface area contributed by atoms with Gasteiger partial charge in [-0.15, -0.1) is 0 Å². The molecule has 8 nitrogen and oxygen atoms in total. The van der Waals surface area contributed by atoms with E-state index in [0.717, 1.165) is 15.4 Å². The fourth-order valence-electron chi connectivity index (χ4n) is 4.06. The number of methoxy groups -OCH3 is 1. The summed E-state index contributed by atoms with van der Waals surface area (Å²) in [6.07, 6.45) is 0. The molecule has 0 spiro atoms. The minimum Gasteiger partial charge on any atom is -0.497 e. The van der Waals surface area contributed by atoms with E-state index in [4.69, 9.17) is 4.74 Å². The average Bonchev–Trinajstić information content (AvgIpc) is 2.89. The minimum absolute atomic E-state index is 0.0173. The lowest BCUT2D eigenvalue weighted by Gasteiger charge is -2.33. The van der Waals surface area contributed by atoms with Gasteiger partial charge in [0.25, 0.3) is 10.0 Å². The van der Waals surface area contributed by atoms with E-state index in [1.807, 2.05) is 52.0 Å². The van der Waals surface area contributed by atoms with Crippen LogP contribution in [0.15, 0.2) is 83.8 Å². The van der Waals surface area contributed by atoms with Gasteiger partial charge in [-0.05, 0) is 76.6 Å². The Balaban J connectivity index is 2.01. The lowest BCUT2D eigenvalue weighted by molar-refractivity contribution is -0.140. The fourth-order valence-corrected chi connectivity index (χ4v) is 5.48. The monoisotopic (exact) mass is 551 g/mol. The fraction of sp³-hybridized carbons (Fsp3) is 0.333. The molecule has 0 heterocycles. The SMILES string of the molecule is COc1ccc(S(=O)(=O)N(CC(=O)N(Cc2cccc(C)c2)[C@@H](C)C(=O)NC(C)(C)C)c2ccccc2)cc1. The predicted molar refractivity (Wildman–Crippen MR) is 153 cm³/mol. The van der Waals surface area contributed by atoms with Gasteiger partial charge in [-0.3, -0.25) is 13.9 Å². The van der Waals surface area contributed by atoms with Gasteiger partial charge in [0.15, 0.2) is 0 Å². The highest BCUT2D eigenvalue weighted by atomic mass is 32.2. The first-order chi connectivity index (χ1) is 18.3. The first-order valence-electron chi connectivity index (χ1n) is 12.7. The molecule has 0 unspecified atom stereocenters. The standard InChI is InChI=1S/C30H37N3O5S/c1-22-11-10-12-24(19-22)20-32(23(2)29(35)31-30(3,4)5)28(34)21-33(25-13-8-7-9-14-25)39(36,37)27-17-15-26(38-6)16-18-27/h7-19,23H,20-21H2,1-6H3,(H,31,35)/t23-/m0/s1. The molecule has 3 aromatic rings. The van der Waals surface area contributed by atoms with Crippen molar-refractivity contribution in [3.8, 4) is 5.75 Å². The largest absolute Gasteiger partial charge is 0.497 e. The zero-order valence-corrected chi connectivity index (χ0v) is 24.2. The second-order valence-corrected chi connectivity index (χ2v) is 12.3. The number of ether oxygens (including phenoxy) is 1. The van der Waals surface area contributed by atoms with E-state index in [1.54, 1.807) is 49.4 Å². The molecule has 2 amide bonds. The van der Waals surface area contributed by atoms with E-state index in [-0.39, 0.29) is 17.3 Å². The Morgan fingerprint density at radius 3 is 2.15 bits per heavy atom. The van der Waals surface area contributed by atoms with E-state index in [9.17, 15) is 18.0 Å². The van der Waals surface area contributed by atoms with Crippen LogP contribution < -0.4 is 14.4 Å². The third-order valence-corrected chi connectivity index (χ3v) is 7.86. The number of sulfonamides is 1. The van der Waals surface area contributed by atoms with Crippen molar-refractivity contribution >= 4 is 27.5 Å². The summed E-state index contributed by atoms with van der Waals surface area (Å²) in [5.74, 6) is -0.318. The molecule has 39 heavy (non-hydrogen) atoms. The highest BCUT2D eigenvalue weighted by Crippen LogP contribution is 2.26. The van der Waals surface area contributed by atoms with Crippen LogP contribution in [0.5, 0.6) is 5.75 Å². The van der Waals surface area contributed by atoms with E-state index in [2.05, 4.69) is 5.32 Å². The predicted octanol–water partition coefficient (Wildman–Crippen LogP) is 4.53. The Morgan fingerprint density at radius 1 is 0.949 bits per heavy atom. The van der Waals surface area contributed by atoms with Crippen molar-refractivity contribution in [1.82, 2.24) is 10.2 Å². The normalized spacial score (nSPS) is 12.4. The van der Waals surface area contributed by atoms with Crippen LogP contribution in [0.25, 0.3) is 0 Å². The van der Waals surface area contributed by atoms with Crippen LogP contribution in [0, 0.1) is 6.92 Å². The maximum absolute atomic E-state index is 13.9. The minimum atomic E-state index is -4.13. The van der Waals surface area contributed by atoms with E-state index in [0.29, 0.717) is 11.4 Å². The third-order valence-electron chi connectivity index (χ3n) is 6.07. The topological polar surface area (TPSA) is 96.0 Å². The molecule has 1 N–H and O–H groups in total. The zero-order valence-electron chi connectivity index (χ0n) is 23.3. The third kappa shape index (κ3) is 7.83. The van der Waals surface area contributed by atoms with Crippen molar-refractivity contribution in [2.45, 2.75) is 57.6 Å². The van der Waals surface area contributed by atoms with Crippen LogP contribution in [0.2, 0.25) is 0 Å². The Hall–Kier alpha value is -3.85. The number of carbonyl (C=O) groups is 2. The van der Waals surface area contributed by atoms with Crippen molar-refractivity contribution < 1.29 is 22.7 Å². The number of nitrogens with zero attached hydrogens (tertiary/aromatic N) is 2. The quantitative estimate of drug-likeness (QED) is 0.399. The van der Waals surface area contributed by atoms with Gasteiger partial charge in [0, 0.05) is 12.1 Å². The summed E-state index contributed by atoms with van der Waals surface area (Å²) < 4.78 is 33.9. The van der Waals surface area contributed by atoms with Crippen molar-refractivity contribution in [3.05, 3.63) is 90.0 Å². The van der Waals surface area contributed by atoms with E-state index in [1.165, 1.54) is 24.1 Å². The molecule has 208 valence electrons. The molecule has 0 bridgehead atoms. The second-order valence-electron chi connectivity index (χ2n) is 10.4. The van der Waals surface area contributed by atoms with Gasteiger partial charge in [0.05, 0.1) is 17.7 Å². The van der Waals surface area contributed by atoms with Gasteiger partial charge in [-0.1, -0.05) is 48.0 Å². The number of nitrogens with one attached hydrogen (secondary N) is 1. The Kier molecular flexibility index (Phi) is 9.40. The van der Waals surface area contributed by atoms with Gasteiger partial charge in [-0.25, -0.2) is 8.42 Å². The molecule has 0 radical (unpaired) electrons. The summed E-state index contributed by atoms with van der Waals surface area (Å²) in [6, 6.07) is 21.3. The molecule has 0 aliphatic rings. The maximum atomic E-state index is 13.9. The number of amides is 2. The molecule has 0 aromatic heterocycles. The number of benzene rings is 3. The summed E-state index contributed by atoms with van der Waals surface area (Å²) in [5, 5.41) is 2.93. The van der Waals surface area contributed by atoms with Crippen LogP contribution in [0.3, 0.4) is 0 Å². The molecule has 0 fully saturated rings. The molecule has 1 atom stereocenters. The van der Waals surface area contributed by atoms with Crippen molar-refractivity contribution in [3.63, 3.8) is 0 Å². The van der Waals surface area contributed by atoms with Gasteiger partial charge in [0.1, 0.15) is 18.3 Å². The number of hydrogen-bond donors (Lipinski definition) is 1. The average molecular weight is 552 g/mol. The first-order valence-corrected chi connectivity index (χ1v) is 14.1. The zero-order chi connectivity index (χ0) is 28.8. The van der Waals surface area contributed by atoms with Crippen LogP contribution in [0.4, 0.5) is 5.69 Å². The lowest BCUT2D eigenvalue weighted by atomic mass is 10.1. The van der Waals surface area contributed by atoms with Crippen LogP contribution in [-0.4, -0.2) is 50.4 Å². The highest BCUT2D eigenvalue weighted by Gasteiger charge is 2.33. The summed E-state index contributed by atoms with van der Waals surface area (Å²) in [5.41, 5.74) is 1.68. The Labute approximate surface area is 231 Å². The molecular formula is C30H37N3O5S. The molecule has 0 aliphatic carbocycles. The smallest absolute Gasteiger partial charge is 0.264 e. The summed E-state index contributed by atoms with van der Waals surface area (Å²) >= 11 is 0. The second kappa shape index (κ2) is 12.3. The van der Waals surface area contributed by atoms with E-state index < -0.39 is 34.1 Å². The molecule has 3 rings (SSSR count). The summed E-state index contributed by atoms with van der Waals surface area (Å²) in [4.78, 5) is 28.5. The number of rotatable bonds is 10. The van der Waals surface area contributed by atoms with Crippen molar-refractivity contribution in [2.24, 2.45) is 0 Å². The van der Waals surface area contributed by atoms with Crippen molar-refractivity contribution in [1.29, 1.82) is 0 Å². The van der Waals surface area contributed by atoms with E-state index >= 15 is 0 Å². The summed E-state index contributed by atoms with van der Waals surface area (Å²) in [6.45, 7) is 8.85. The molecule has 0 saturated carbocycles. The van der Waals surface area contributed by atoms with Gasteiger partial charge in [-0.2, -0.15) is 0 Å².